The number of carbonyl (C=O) groups is 1. The van der Waals surface area contributed by atoms with Gasteiger partial charge in [-0.3, -0.25) is 9.78 Å². The zero-order chi connectivity index (χ0) is 14.7. The monoisotopic (exact) mass is 293 g/mol. The number of halogens is 1. The zero-order valence-corrected chi connectivity index (χ0v) is 11.9. The van der Waals surface area contributed by atoms with Gasteiger partial charge in [0.25, 0.3) is 0 Å². The van der Waals surface area contributed by atoms with Gasteiger partial charge in [0.1, 0.15) is 6.29 Å². The Labute approximate surface area is 127 Å². The van der Waals surface area contributed by atoms with E-state index in [1.54, 1.807) is 12.1 Å². The maximum atomic E-state index is 10.6. The lowest BCUT2D eigenvalue weighted by Gasteiger charge is -2.00. The first-order valence-corrected chi connectivity index (χ1v) is 6.91. The Morgan fingerprint density at radius 3 is 2.33 bits per heavy atom. The Balaban J connectivity index is 1.87. The maximum absolute atomic E-state index is 10.6. The Morgan fingerprint density at radius 2 is 1.57 bits per heavy atom. The lowest BCUT2D eigenvalue weighted by atomic mass is 10.1. The van der Waals surface area contributed by atoms with Crippen LogP contribution in [0, 0.1) is 0 Å². The number of carbonyl (C=O) groups excluding carboxylic acids is 1. The molecule has 21 heavy (non-hydrogen) atoms. The highest BCUT2D eigenvalue weighted by atomic mass is 35.5. The molecule has 0 N–H and O–H groups in total. The third kappa shape index (κ3) is 3.18. The van der Waals surface area contributed by atoms with E-state index in [0.717, 1.165) is 28.3 Å². The molecule has 1 aromatic heterocycles. The first-order chi connectivity index (χ1) is 10.2. The molecule has 0 aliphatic rings. The van der Waals surface area contributed by atoms with E-state index in [-0.39, 0.29) is 0 Å². The minimum atomic E-state index is 0.677. The van der Waals surface area contributed by atoms with Crippen LogP contribution in [0.1, 0.15) is 21.5 Å². The number of pyridine rings is 1. The van der Waals surface area contributed by atoms with Crippen LogP contribution >= 0.6 is 11.6 Å². The summed E-state index contributed by atoms with van der Waals surface area (Å²) in [6, 6.07) is 15.2. The van der Waals surface area contributed by atoms with Gasteiger partial charge in [0.05, 0.1) is 5.52 Å². The van der Waals surface area contributed by atoms with E-state index < -0.39 is 0 Å². The normalized spacial score (nSPS) is 11.1. The third-order valence-corrected chi connectivity index (χ3v) is 3.44. The van der Waals surface area contributed by atoms with E-state index >= 15 is 0 Å². The summed E-state index contributed by atoms with van der Waals surface area (Å²) in [5, 5.41) is 1.74. The topological polar surface area (TPSA) is 30.0 Å². The van der Waals surface area contributed by atoms with E-state index in [2.05, 4.69) is 11.1 Å². The summed E-state index contributed by atoms with van der Waals surface area (Å²) in [5.41, 5.74) is 3.62. The summed E-state index contributed by atoms with van der Waals surface area (Å²) in [7, 11) is 0. The van der Waals surface area contributed by atoms with E-state index in [4.69, 9.17) is 11.6 Å². The van der Waals surface area contributed by atoms with Crippen LogP contribution in [0.3, 0.4) is 0 Å². The van der Waals surface area contributed by atoms with Gasteiger partial charge < -0.3 is 0 Å². The van der Waals surface area contributed by atoms with Gasteiger partial charge in [-0.1, -0.05) is 54.1 Å². The molecule has 0 aliphatic carbocycles. The Hall–Kier alpha value is -2.45. The van der Waals surface area contributed by atoms with Gasteiger partial charge in [0.2, 0.25) is 0 Å². The van der Waals surface area contributed by atoms with Gasteiger partial charge in [0.15, 0.2) is 0 Å². The molecule has 3 heteroatoms. The van der Waals surface area contributed by atoms with Crippen LogP contribution in [0.15, 0.2) is 54.7 Å². The van der Waals surface area contributed by atoms with Crippen LogP contribution < -0.4 is 0 Å². The number of aldehydes is 1. The average molecular weight is 294 g/mol. The SMILES string of the molecule is O=Cc1ccc(C=Cc2cnc3cc(Cl)ccc3c2)cc1. The number of fused-ring (bicyclic) bond motifs is 1. The van der Waals surface area contributed by atoms with Crippen LogP contribution in [0.5, 0.6) is 0 Å². The Bertz CT molecular complexity index is 822. The molecule has 0 saturated heterocycles. The van der Waals surface area contributed by atoms with Crippen LogP contribution in [-0.4, -0.2) is 11.3 Å². The highest BCUT2D eigenvalue weighted by molar-refractivity contribution is 6.31. The largest absolute Gasteiger partial charge is 0.298 e. The van der Waals surface area contributed by atoms with E-state index in [1.165, 1.54) is 0 Å². The predicted molar refractivity (Wildman–Crippen MR) is 87.5 cm³/mol. The second-order valence-corrected chi connectivity index (χ2v) is 5.16. The number of aromatic nitrogens is 1. The molecule has 0 fully saturated rings. The van der Waals surface area contributed by atoms with Crippen molar-refractivity contribution in [3.8, 4) is 0 Å². The van der Waals surface area contributed by atoms with Crippen molar-refractivity contribution < 1.29 is 4.79 Å². The van der Waals surface area contributed by atoms with E-state index in [0.29, 0.717) is 10.6 Å². The summed E-state index contributed by atoms with van der Waals surface area (Å²) < 4.78 is 0. The summed E-state index contributed by atoms with van der Waals surface area (Å²) in [4.78, 5) is 15.0. The average Bonchev–Trinajstić information content (AvgIpc) is 2.53. The van der Waals surface area contributed by atoms with Crippen LogP contribution in [0.25, 0.3) is 23.1 Å². The molecule has 2 aromatic carbocycles. The van der Waals surface area contributed by atoms with E-state index in [9.17, 15) is 4.79 Å². The van der Waals surface area contributed by atoms with Gasteiger partial charge in [-0.05, 0) is 29.3 Å². The molecule has 0 amide bonds. The van der Waals surface area contributed by atoms with Gasteiger partial charge >= 0.3 is 0 Å². The third-order valence-electron chi connectivity index (χ3n) is 3.21. The fourth-order valence-electron chi connectivity index (χ4n) is 2.08. The van der Waals surface area contributed by atoms with Crippen LogP contribution in [0.4, 0.5) is 0 Å². The maximum Gasteiger partial charge on any atom is 0.150 e. The Kier molecular flexibility index (Phi) is 3.80. The number of benzene rings is 2. The Morgan fingerprint density at radius 1 is 0.857 bits per heavy atom. The van der Waals surface area contributed by atoms with Gasteiger partial charge in [-0.2, -0.15) is 0 Å². The van der Waals surface area contributed by atoms with Gasteiger partial charge in [0, 0.05) is 22.2 Å². The van der Waals surface area contributed by atoms with Gasteiger partial charge in [-0.15, -0.1) is 0 Å². The molecule has 0 saturated carbocycles. The first kappa shape index (κ1) is 13.5. The zero-order valence-electron chi connectivity index (χ0n) is 11.2. The summed E-state index contributed by atoms with van der Waals surface area (Å²) >= 11 is 5.95. The summed E-state index contributed by atoms with van der Waals surface area (Å²) in [5.74, 6) is 0. The molecule has 0 aliphatic heterocycles. The number of nitrogens with zero attached hydrogens (tertiary/aromatic N) is 1. The fraction of sp³-hybridized carbons (Fsp3) is 0. The molecule has 102 valence electrons. The predicted octanol–water partition coefficient (Wildman–Crippen LogP) is 4.87. The molecule has 0 spiro atoms. The van der Waals surface area contributed by atoms with Crippen molar-refractivity contribution in [1.82, 2.24) is 4.98 Å². The summed E-state index contributed by atoms with van der Waals surface area (Å²) in [6.45, 7) is 0. The molecule has 0 unspecified atom stereocenters. The van der Waals surface area contributed by atoms with Crippen molar-refractivity contribution in [2.75, 3.05) is 0 Å². The number of rotatable bonds is 3. The quantitative estimate of drug-likeness (QED) is 0.645. The number of hydrogen-bond donors (Lipinski definition) is 0. The molecular weight excluding hydrogens is 282 g/mol. The van der Waals surface area contributed by atoms with Crippen molar-refractivity contribution in [1.29, 1.82) is 0 Å². The molecule has 3 rings (SSSR count). The summed E-state index contributed by atoms with van der Waals surface area (Å²) in [6.07, 6.45) is 6.64. The lowest BCUT2D eigenvalue weighted by Crippen LogP contribution is -1.82. The second kappa shape index (κ2) is 5.90. The van der Waals surface area contributed by atoms with Crippen LogP contribution in [0.2, 0.25) is 5.02 Å². The smallest absolute Gasteiger partial charge is 0.150 e. The van der Waals surface area contributed by atoms with Crippen LogP contribution in [-0.2, 0) is 0 Å². The second-order valence-electron chi connectivity index (χ2n) is 4.72. The van der Waals surface area contributed by atoms with Crippen molar-refractivity contribution >= 4 is 40.9 Å². The fourth-order valence-corrected chi connectivity index (χ4v) is 2.25. The number of hydrogen-bond acceptors (Lipinski definition) is 2. The van der Waals surface area contributed by atoms with Gasteiger partial charge in [-0.25, -0.2) is 0 Å². The standard InChI is InChI=1S/C18H12ClNO/c19-17-8-7-16-9-15(11-20-18(16)10-17)6-3-13-1-4-14(12-21)5-2-13/h1-12H. The first-order valence-electron chi connectivity index (χ1n) is 6.53. The van der Waals surface area contributed by atoms with E-state index in [1.807, 2.05) is 48.7 Å². The molecule has 3 aromatic rings. The highest BCUT2D eigenvalue weighted by Gasteiger charge is 1.97. The van der Waals surface area contributed by atoms with Crippen molar-refractivity contribution in [2.24, 2.45) is 0 Å². The molecule has 0 bridgehead atoms. The minimum Gasteiger partial charge on any atom is -0.298 e. The highest BCUT2D eigenvalue weighted by Crippen LogP contribution is 2.19. The van der Waals surface area contributed by atoms with Crippen molar-refractivity contribution in [3.05, 3.63) is 76.4 Å². The molecule has 1 heterocycles. The lowest BCUT2D eigenvalue weighted by molar-refractivity contribution is 0.112. The molecular formula is C18H12ClNO. The molecule has 0 atom stereocenters. The molecule has 0 radical (unpaired) electrons. The van der Waals surface area contributed by atoms with Crippen molar-refractivity contribution in [3.63, 3.8) is 0 Å². The van der Waals surface area contributed by atoms with Crippen molar-refractivity contribution in [2.45, 2.75) is 0 Å². The molecule has 2 nitrogen and oxygen atoms in total. The minimum absolute atomic E-state index is 0.677.